The van der Waals surface area contributed by atoms with Crippen LogP contribution in [0.4, 0.5) is 20.2 Å². The van der Waals surface area contributed by atoms with Crippen LogP contribution < -0.4 is 20.7 Å². The Morgan fingerprint density at radius 2 is 1.09 bits per heavy atom. The van der Waals surface area contributed by atoms with Crippen LogP contribution in [0.2, 0.25) is 0 Å². The number of likely N-dealkylation sites (tertiary alicyclic amines) is 2. The minimum absolute atomic E-state index is 0.105. The van der Waals surface area contributed by atoms with Crippen LogP contribution in [-0.2, 0) is 33.8 Å². The molecule has 0 aliphatic carbocycles. The van der Waals surface area contributed by atoms with Crippen LogP contribution >= 0.6 is 0 Å². The number of hydrogen-bond donors (Lipinski definition) is 4. The molecule has 0 spiro atoms. The molecule has 4 N–H and O–H groups in total. The van der Waals surface area contributed by atoms with Crippen molar-refractivity contribution in [2.45, 2.75) is 137 Å². The van der Waals surface area contributed by atoms with Gasteiger partial charge >= 0.3 is 5.97 Å². The van der Waals surface area contributed by atoms with E-state index < -0.39 is 5.97 Å². The zero-order chi connectivity index (χ0) is 56.3. The first-order valence-corrected chi connectivity index (χ1v) is 28.5. The number of nitrogens with one attached hydrogen (secondary N) is 2. The molecule has 0 unspecified atom stereocenters. The molecule has 4 aliphatic rings. The van der Waals surface area contributed by atoms with Crippen LogP contribution in [-0.4, -0.2) is 134 Å². The van der Waals surface area contributed by atoms with E-state index in [1.54, 1.807) is 12.1 Å². The molecule has 0 atom stereocenters. The number of ether oxygens (including phenoxy) is 3. The quantitative estimate of drug-likeness (QED) is 0.0695. The molecule has 4 fully saturated rings. The second-order valence-corrected chi connectivity index (χ2v) is 21.8. The van der Waals surface area contributed by atoms with Gasteiger partial charge in [0, 0.05) is 137 Å². The lowest BCUT2D eigenvalue weighted by atomic mass is 9.94. The molecular formula is C63H82F2N6O8. The topological polar surface area (TPSA) is 160 Å². The van der Waals surface area contributed by atoms with E-state index in [1.807, 2.05) is 70.2 Å². The van der Waals surface area contributed by atoms with E-state index in [0.29, 0.717) is 78.6 Å². The van der Waals surface area contributed by atoms with Gasteiger partial charge in [-0.1, -0.05) is 24.3 Å². The summed E-state index contributed by atoms with van der Waals surface area (Å²) in [5.74, 6) is -1.21. The molecule has 0 bridgehead atoms. The smallest absolute Gasteiger partial charge is 0.338 e. The largest absolute Gasteiger partial charge is 0.465 e. The highest BCUT2D eigenvalue weighted by Gasteiger charge is 2.28. The van der Waals surface area contributed by atoms with Gasteiger partial charge in [0.1, 0.15) is 11.6 Å². The lowest BCUT2D eigenvalue weighted by Crippen LogP contribution is -2.40. The molecule has 4 aliphatic heterocycles. The van der Waals surface area contributed by atoms with Crippen LogP contribution in [0.5, 0.6) is 0 Å². The zero-order valence-corrected chi connectivity index (χ0v) is 47.4. The monoisotopic (exact) mass is 1090 g/mol. The van der Waals surface area contributed by atoms with Crippen LogP contribution in [0.25, 0.3) is 22.3 Å². The number of carbonyl (C=O) groups excluding carboxylic acids is 2. The number of pyridine rings is 1. The Bertz CT molecular complexity index is 2960. The summed E-state index contributed by atoms with van der Waals surface area (Å²) in [6.07, 6.45) is 5.99. The van der Waals surface area contributed by atoms with E-state index in [0.717, 1.165) is 141 Å². The Kier molecular flexibility index (Phi) is 20.5. The van der Waals surface area contributed by atoms with Crippen molar-refractivity contribution in [2.24, 2.45) is 0 Å². The van der Waals surface area contributed by atoms with Gasteiger partial charge in [0.05, 0.1) is 24.9 Å². The number of nitrogens with zero attached hydrogens (tertiary/aromatic N) is 4. The minimum atomic E-state index is -0.391. The average Bonchev–Trinajstić information content (AvgIpc) is 3.48. The number of H-pyrrole nitrogens is 1. The number of esters is 1. The number of carbonyl (C=O) groups is 2. The third-order valence-corrected chi connectivity index (χ3v) is 16.6. The maximum Gasteiger partial charge on any atom is 0.338 e. The summed E-state index contributed by atoms with van der Waals surface area (Å²) in [5.41, 5.74) is 10.8. The third kappa shape index (κ3) is 14.7. The van der Waals surface area contributed by atoms with Crippen molar-refractivity contribution >= 4 is 23.3 Å². The number of aryl methyl sites for hydroxylation is 2. The first-order valence-electron chi connectivity index (χ1n) is 28.5. The van der Waals surface area contributed by atoms with Crippen molar-refractivity contribution in [1.29, 1.82) is 0 Å². The molecule has 1 amide bonds. The Morgan fingerprint density at radius 1 is 0.646 bits per heavy atom. The number of aliphatic hydroxyl groups excluding tert-OH is 2. The summed E-state index contributed by atoms with van der Waals surface area (Å²) >= 11 is 0. The maximum absolute atomic E-state index is 15.5. The standard InChI is InChI=1S/C35H45FN4O4.C28H37FN2O4/c1-5-40(28-10-14-44-15-11-28)33-19-27(25-6-7-26(32(36)18-25)21-39-12-8-29(41)9-13-39)17-30(24(33)4)34(42)37-20-31-22(2)16-23(3)38-35(31)43;1-4-31(23-9-13-35-14-10-23)27-17-22(15-25(19(27)2)28(33)34-3)20-5-6-21(26(29)16-20)18-30-11-7-24(32)8-12-30/h6-7,16-19,28-29,41H,5,8-15,20-21H2,1-4H3,(H,37,42)(H,38,43);5-6,15-17,23-24,32H,4,7-14,18H2,1-3H3. The average molecular weight is 1090 g/mol. The first kappa shape index (κ1) is 59.1. The van der Waals surface area contributed by atoms with Gasteiger partial charge in [0.2, 0.25) is 0 Å². The number of aliphatic hydroxyl groups is 2. The van der Waals surface area contributed by atoms with Gasteiger partial charge in [-0.2, -0.15) is 0 Å². The summed E-state index contributed by atoms with van der Waals surface area (Å²) in [6.45, 7) is 20.4. The van der Waals surface area contributed by atoms with Crippen molar-refractivity contribution in [3.05, 3.63) is 139 Å². The van der Waals surface area contributed by atoms with E-state index in [-0.39, 0.29) is 47.9 Å². The zero-order valence-electron chi connectivity index (χ0n) is 47.4. The van der Waals surface area contributed by atoms with Gasteiger partial charge in [0.15, 0.2) is 0 Å². The summed E-state index contributed by atoms with van der Waals surface area (Å²) < 4.78 is 47.0. The highest BCUT2D eigenvalue weighted by atomic mass is 19.1. The van der Waals surface area contributed by atoms with Crippen molar-refractivity contribution in [3.63, 3.8) is 0 Å². The molecule has 16 heteroatoms. The molecule has 4 saturated heterocycles. The molecule has 0 saturated carbocycles. The number of aromatic amines is 1. The Labute approximate surface area is 465 Å². The Hall–Kier alpha value is -6.01. The van der Waals surface area contributed by atoms with Crippen LogP contribution in [0, 0.1) is 39.3 Å². The van der Waals surface area contributed by atoms with E-state index in [4.69, 9.17) is 14.2 Å². The maximum atomic E-state index is 15.5. The highest BCUT2D eigenvalue weighted by molar-refractivity contribution is 5.99. The number of rotatable bonds is 16. The van der Waals surface area contributed by atoms with Crippen LogP contribution in [0.3, 0.4) is 0 Å². The van der Waals surface area contributed by atoms with E-state index in [9.17, 15) is 24.6 Å². The third-order valence-electron chi connectivity index (χ3n) is 16.6. The van der Waals surface area contributed by atoms with Crippen LogP contribution in [0.15, 0.2) is 71.5 Å². The number of halogens is 2. The lowest BCUT2D eigenvalue weighted by Gasteiger charge is -2.37. The molecule has 426 valence electrons. The summed E-state index contributed by atoms with van der Waals surface area (Å²) in [5, 5.41) is 22.5. The number of benzene rings is 4. The Morgan fingerprint density at radius 3 is 1.51 bits per heavy atom. The molecule has 1 aromatic heterocycles. The van der Waals surface area contributed by atoms with Gasteiger partial charge < -0.3 is 44.5 Å². The van der Waals surface area contributed by atoms with Crippen molar-refractivity contribution in [3.8, 4) is 22.3 Å². The number of aromatic nitrogens is 1. The van der Waals surface area contributed by atoms with E-state index in [1.165, 1.54) is 7.11 Å². The SMILES string of the molecule is CCN(c1cc(-c2ccc(CN3CCC(O)CC3)c(F)c2)cc(C(=O)NCc2c(C)cc(C)[nH]c2=O)c1C)C1CCOCC1.CCN(c1cc(-c2ccc(CN3CCC(O)CC3)c(F)c2)cc(C(=O)OC)c1C)C1CCOCC1. The summed E-state index contributed by atoms with van der Waals surface area (Å²) in [6, 6.07) is 20.9. The highest BCUT2D eigenvalue weighted by Crippen LogP contribution is 2.37. The normalized spacial score (nSPS) is 17.3. The fourth-order valence-electron chi connectivity index (χ4n) is 11.8. The van der Waals surface area contributed by atoms with Crippen molar-refractivity contribution in [2.75, 3.05) is 82.6 Å². The van der Waals surface area contributed by atoms with Gasteiger partial charge in [-0.15, -0.1) is 0 Å². The fraction of sp³-hybridized carbons (Fsp3) is 0.508. The molecule has 0 radical (unpaired) electrons. The number of piperidine rings is 2. The number of hydrogen-bond acceptors (Lipinski definition) is 12. The van der Waals surface area contributed by atoms with Gasteiger partial charge in [-0.3, -0.25) is 19.4 Å². The van der Waals surface area contributed by atoms with Gasteiger partial charge in [-0.25, -0.2) is 13.6 Å². The van der Waals surface area contributed by atoms with Gasteiger partial charge in [-0.05, 0) is 174 Å². The van der Waals surface area contributed by atoms with E-state index >= 15 is 8.78 Å². The molecular weight excluding hydrogens is 1010 g/mol. The van der Waals surface area contributed by atoms with Gasteiger partial charge in [0.25, 0.3) is 11.5 Å². The predicted molar refractivity (Wildman–Crippen MR) is 307 cm³/mol. The number of methoxy groups -OCH3 is 1. The molecule has 9 rings (SSSR count). The molecule has 79 heavy (non-hydrogen) atoms. The van der Waals surface area contributed by atoms with E-state index in [2.05, 4.69) is 55.9 Å². The minimum Gasteiger partial charge on any atom is -0.465 e. The summed E-state index contributed by atoms with van der Waals surface area (Å²) in [4.78, 5) is 50.9. The predicted octanol–water partition coefficient (Wildman–Crippen LogP) is 9.55. The number of amides is 1. The lowest BCUT2D eigenvalue weighted by molar-refractivity contribution is 0.0599. The fourth-order valence-corrected chi connectivity index (χ4v) is 11.8. The first-order chi connectivity index (χ1) is 38.0. The second-order valence-electron chi connectivity index (χ2n) is 21.8. The molecule has 5 aromatic rings. The van der Waals surface area contributed by atoms with Crippen molar-refractivity contribution in [1.82, 2.24) is 20.1 Å². The molecule has 14 nitrogen and oxygen atoms in total. The molecule has 5 heterocycles. The molecule has 4 aromatic carbocycles. The Balaban J connectivity index is 0.000000214. The second kappa shape index (κ2) is 27.4. The van der Waals surface area contributed by atoms with Crippen LogP contribution in [0.1, 0.15) is 125 Å². The van der Waals surface area contributed by atoms with Crippen molar-refractivity contribution < 1.29 is 42.8 Å². The summed E-state index contributed by atoms with van der Waals surface area (Å²) in [7, 11) is 1.39. The number of anilines is 2.